The number of benzene rings is 2. The lowest BCUT2D eigenvalue weighted by molar-refractivity contribution is 0.0924. The highest BCUT2D eigenvalue weighted by molar-refractivity contribution is 7.92. The molecule has 1 aliphatic heterocycles. The van der Waals surface area contributed by atoms with Crippen LogP contribution in [0, 0.1) is 19.8 Å². The van der Waals surface area contributed by atoms with Crippen molar-refractivity contribution in [2.24, 2.45) is 5.92 Å². The van der Waals surface area contributed by atoms with Crippen LogP contribution in [0.5, 0.6) is 0 Å². The summed E-state index contributed by atoms with van der Waals surface area (Å²) in [7, 11) is -3.97. The average molecular weight is 437 g/mol. The molecule has 4 rings (SSSR count). The lowest BCUT2D eigenvalue weighted by Crippen LogP contribution is -2.32. The van der Waals surface area contributed by atoms with Gasteiger partial charge in [0.15, 0.2) is 0 Å². The van der Waals surface area contributed by atoms with Crippen LogP contribution in [0.3, 0.4) is 0 Å². The summed E-state index contributed by atoms with van der Waals surface area (Å²) in [5.74, 6) is -0.369. The molecule has 0 saturated heterocycles. The van der Waals surface area contributed by atoms with Gasteiger partial charge in [-0.1, -0.05) is 38.1 Å². The summed E-state index contributed by atoms with van der Waals surface area (Å²) in [6, 6.07) is 13.3. The first kappa shape index (κ1) is 21.0. The molecule has 0 unspecified atom stereocenters. The fourth-order valence-electron chi connectivity index (χ4n) is 3.81. The number of aryl methyl sites for hydroxylation is 2. The Labute approximate surface area is 182 Å². The number of nitrogens with zero attached hydrogens (tertiary/aromatic N) is 2. The highest BCUT2D eigenvalue weighted by Gasteiger charge is 2.26. The van der Waals surface area contributed by atoms with Crippen LogP contribution in [0.4, 0.5) is 5.95 Å². The van der Waals surface area contributed by atoms with Gasteiger partial charge in [0.05, 0.1) is 22.3 Å². The molecule has 1 aromatic heterocycles. The molecule has 8 heteroatoms. The van der Waals surface area contributed by atoms with E-state index in [1.54, 1.807) is 12.1 Å². The number of carbonyl (C=O) groups excluding carboxylic acids is 1. The van der Waals surface area contributed by atoms with Crippen molar-refractivity contribution in [3.8, 4) is 11.3 Å². The zero-order valence-electron chi connectivity index (χ0n) is 17.8. The molecule has 7 nitrogen and oxygen atoms in total. The minimum Gasteiger partial charge on any atom is -0.343 e. The average Bonchev–Trinajstić information content (AvgIpc) is 2.71. The van der Waals surface area contributed by atoms with Gasteiger partial charge in [-0.2, -0.15) is 0 Å². The van der Waals surface area contributed by atoms with E-state index in [0.717, 1.165) is 16.7 Å². The number of anilines is 1. The van der Waals surface area contributed by atoms with Crippen LogP contribution in [0.2, 0.25) is 0 Å². The first-order valence-electron chi connectivity index (χ1n) is 10.0. The third-order valence-corrected chi connectivity index (χ3v) is 6.71. The van der Waals surface area contributed by atoms with Crippen molar-refractivity contribution >= 4 is 21.9 Å². The van der Waals surface area contributed by atoms with E-state index in [0.29, 0.717) is 11.4 Å². The molecular formula is C23H24N4O3S. The Bertz CT molecular complexity index is 1270. The number of hydrogen-bond donors (Lipinski definition) is 2. The van der Waals surface area contributed by atoms with E-state index in [-0.39, 0.29) is 28.2 Å². The fraction of sp³-hybridized carbons (Fsp3) is 0.261. The van der Waals surface area contributed by atoms with Crippen LogP contribution in [0.1, 0.15) is 47.1 Å². The number of amides is 1. The van der Waals surface area contributed by atoms with E-state index < -0.39 is 16.1 Å². The molecule has 0 saturated carbocycles. The third-order valence-electron chi connectivity index (χ3n) is 5.39. The molecule has 1 amide bonds. The van der Waals surface area contributed by atoms with Gasteiger partial charge in [-0.05, 0) is 55.2 Å². The number of hydrogen-bond acceptors (Lipinski definition) is 5. The molecule has 4 bridgehead atoms. The van der Waals surface area contributed by atoms with Crippen molar-refractivity contribution in [3.05, 3.63) is 70.9 Å². The van der Waals surface area contributed by atoms with Crippen LogP contribution in [0.15, 0.2) is 53.4 Å². The van der Waals surface area contributed by atoms with Gasteiger partial charge in [0.1, 0.15) is 0 Å². The molecule has 31 heavy (non-hydrogen) atoms. The second-order valence-corrected chi connectivity index (χ2v) is 9.78. The lowest BCUT2D eigenvalue weighted by Gasteiger charge is -2.23. The van der Waals surface area contributed by atoms with Crippen molar-refractivity contribution in [1.29, 1.82) is 0 Å². The quantitative estimate of drug-likeness (QED) is 0.632. The molecule has 0 fully saturated rings. The molecule has 3 aromatic rings. The summed E-state index contributed by atoms with van der Waals surface area (Å²) in [5.41, 5.74) is 4.36. The number of aromatic nitrogens is 2. The summed E-state index contributed by atoms with van der Waals surface area (Å²) >= 11 is 0. The maximum Gasteiger partial charge on any atom is 0.264 e. The second kappa shape index (κ2) is 7.77. The topological polar surface area (TPSA) is 101 Å². The molecule has 160 valence electrons. The van der Waals surface area contributed by atoms with Gasteiger partial charge in [-0.3, -0.25) is 4.79 Å². The van der Waals surface area contributed by atoms with Crippen LogP contribution >= 0.6 is 0 Å². The number of rotatable bonds is 2. The van der Waals surface area contributed by atoms with Gasteiger partial charge in [0.25, 0.3) is 15.9 Å². The van der Waals surface area contributed by atoms with Crippen molar-refractivity contribution in [2.75, 3.05) is 4.72 Å². The van der Waals surface area contributed by atoms with E-state index in [2.05, 4.69) is 20.0 Å². The summed E-state index contributed by atoms with van der Waals surface area (Å²) in [6.45, 7) is 7.92. The lowest BCUT2D eigenvalue weighted by atomic mass is 9.96. The van der Waals surface area contributed by atoms with Gasteiger partial charge in [0.2, 0.25) is 5.95 Å². The number of sulfonamides is 1. The standard InChI is InChI=1S/C23H24N4O3S/c1-13(2)21-19-12-18(20-14(3)7-5-8-15(20)4)24-23(25-19)27-31(29,30)17-10-6-9-16(11-17)22(28)26-21/h5-13,21H,1-4H3,(H,26,28)(H,24,25,27)/t21-/m0/s1. The second-order valence-electron chi connectivity index (χ2n) is 8.10. The molecular weight excluding hydrogens is 412 g/mol. The van der Waals surface area contributed by atoms with Crippen molar-refractivity contribution in [2.45, 2.75) is 38.6 Å². The Hall–Kier alpha value is -3.26. The Kier molecular flexibility index (Phi) is 5.26. The van der Waals surface area contributed by atoms with Gasteiger partial charge in [0, 0.05) is 11.1 Å². The zero-order chi connectivity index (χ0) is 22.3. The normalized spacial score (nSPS) is 17.5. The molecule has 0 radical (unpaired) electrons. The summed E-state index contributed by atoms with van der Waals surface area (Å²) in [5, 5.41) is 3.01. The van der Waals surface area contributed by atoms with Crippen LogP contribution < -0.4 is 10.0 Å². The highest BCUT2D eigenvalue weighted by Crippen LogP contribution is 2.31. The maximum absolute atomic E-state index is 13.0. The van der Waals surface area contributed by atoms with E-state index in [9.17, 15) is 13.2 Å². The highest BCUT2D eigenvalue weighted by atomic mass is 32.2. The SMILES string of the molecule is Cc1cccc(C)c1-c1cc2nc(n1)NS(=O)(=O)c1cccc(c1)C(=O)N[C@H]2C(C)C. The van der Waals surface area contributed by atoms with Gasteiger partial charge < -0.3 is 5.32 Å². The van der Waals surface area contributed by atoms with E-state index >= 15 is 0 Å². The van der Waals surface area contributed by atoms with Gasteiger partial charge >= 0.3 is 0 Å². The monoisotopic (exact) mass is 436 g/mol. The Balaban J connectivity index is 1.98. The minimum absolute atomic E-state index is 0.0121. The molecule has 0 spiro atoms. The smallest absolute Gasteiger partial charge is 0.264 e. The zero-order valence-corrected chi connectivity index (χ0v) is 18.6. The fourth-order valence-corrected chi connectivity index (χ4v) is 4.80. The third kappa shape index (κ3) is 4.03. The summed E-state index contributed by atoms with van der Waals surface area (Å²) in [6.07, 6.45) is 0. The summed E-state index contributed by atoms with van der Waals surface area (Å²) < 4.78 is 28.5. The Morgan fingerprint density at radius 3 is 2.32 bits per heavy atom. The molecule has 0 aliphatic carbocycles. The Morgan fingerprint density at radius 2 is 1.65 bits per heavy atom. The molecule has 2 N–H and O–H groups in total. The first-order chi connectivity index (χ1) is 14.7. The number of fused-ring (bicyclic) bond motifs is 4. The number of nitrogens with one attached hydrogen (secondary N) is 2. The molecule has 1 atom stereocenters. The minimum atomic E-state index is -3.97. The van der Waals surface area contributed by atoms with E-state index in [4.69, 9.17) is 0 Å². The summed E-state index contributed by atoms with van der Waals surface area (Å²) in [4.78, 5) is 21.9. The maximum atomic E-state index is 13.0. The van der Waals surface area contributed by atoms with Gasteiger partial charge in [-0.15, -0.1) is 0 Å². The molecule has 2 aromatic carbocycles. The molecule has 2 heterocycles. The van der Waals surface area contributed by atoms with Crippen molar-refractivity contribution in [1.82, 2.24) is 15.3 Å². The van der Waals surface area contributed by atoms with E-state index in [1.165, 1.54) is 12.1 Å². The van der Waals surface area contributed by atoms with E-state index in [1.807, 2.05) is 52.0 Å². The van der Waals surface area contributed by atoms with Crippen LogP contribution in [-0.2, 0) is 10.0 Å². The predicted molar refractivity (Wildman–Crippen MR) is 119 cm³/mol. The van der Waals surface area contributed by atoms with Crippen molar-refractivity contribution in [3.63, 3.8) is 0 Å². The predicted octanol–water partition coefficient (Wildman–Crippen LogP) is 4.00. The molecule has 1 aliphatic rings. The van der Waals surface area contributed by atoms with Gasteiger partial charge in [-0.25, -0.2) is 23.1 Å². The largest absolute Gasteiger partial charge is 0.343 e. The van der Waals surface area contributed by atoms with Crippen LogP contribution in [-0.4, -0.2) is 24.3 Å². The van der Waals surface area contributed by atoms with Crippen LogP contribution in [0.25, 0.3) is 11.3 Å². The number of carbonyl (C=O) groups is 1. The first-order valence-corrected chi connectivity index (χ1v) is 11.5. The Morgan fingerprint density at radius 1 is 0.968 bits per heavy atom. The van der Waals surface area contributed by atoms with Crippen molar-refractivity contribution < 1.29 is 13.2 Å².